The molecule has 0 radical (unpaired) electrons. The molecule has 2 heteroatoms. The van der Waals surface area contributed by atoms with Gasteiger partial charge in [0.1, 0.15) is 0 Å². The van der Waals surface area contributed by atoms with Crippen molar-refractivity contribution in [3.63, 3.8) is 0 Å². The van der Waals surface area contributed by atoms with Crippen molar-refractivity contribution in [3.05, 3.63) is 30.3 Å². The summed E-state index contributed by atoms with van der Waals surface area (Å²) in [4.78, 5) is 0. The highest BCUT2D eigenvalue weighted by Crippen LogP contribution is 2.04. The van der Waals surface area contributed by atoms with Gasteiger partial charge in [-0.1, -0.05) is 18.2 Å². The van der Waals surface area contributed by atoms with Crippen LogP contribution >= 0.6 is 0 Å². The lowest BCUT2D eigenvalue weighted by atomic mass is 10.3. The lowest BCUT2D eigenvalue weighted by Gasteiger charge is -2.11. The number of para-hydroxylation sites is 1. The minimum Gasteiger partial charge on any atom is -0.383 e. The van der Waals surface area contributed by atoms with Crippen molar-refractivity contribution in [1.82, 2.24) is 5.32 Å². The molecule has 0 saturated heterocycles. The Morgan fingerprint density at radius 3 is 2.50 bits per heavy atom. The number of nitrogens with one attached hydrogen (secondary N) is 2. The topological polar surface area (TPSA) is 24.1 Å². The van der Waals surface area contributed by atoms with E-state index in [9.17, 15) is 0 Å². The Labute approximate surface area is 74.0 Å². The Balaban J connectivity index is 2.33. The van der Waals surface area contributed by atoms with Crippen molar-refractivity contribution in [2.24, 2.45) is 0 Å². The van der Waals surface area contributed by atoms with E-state index in [4.69, 9.17) is 0 Å². The predicted octanol–water partition coefficient (Wildman–Crippen LogP) is 1.71. The minimum absolute atomic E-state index is 0.505. The normalized spacial score (nSPS) is 12.5. The third-order valence-corrected chi connectivity index (χ3v) is 1.88. The van der Waals surface area contributed by atoms with Crippen LogP contribution in [-0.2, 0) is 0 Å². The zero-order chi connectivity index (χ0) is 8.81. The smallest absolute Gasteiger partial charge is 0.0340 e. The predicted molar refractivity (Wildman–Crippen MR) is 53.5 cm³/mol. The van der Waals surface area contributed by atoms with Gasteiger partial charge in [-0.25, -0.2) is 0 Å². The number of hydrogen-bond donors (Lipinski definition) is 2. The highest BCUT2D eigenvalue weighted by Gasteiger charge is 1.95. The number of rotatable bonds is 4. The van der Waals surface area contributed by atoms with E-state index >= 15 is 0 Å². The fourth-order valence-corrected chi connectivity index (χ4v) is 0.929. The summed E-state index contributed by atoms with van der Waals surface area (Å²) in [6.45, 7) is 3.11. The van der Waals surface area contributed by atoms with Crippen LogP contribution in [-0.4, -0.2) is 19.6 Å². The standard InChI is InChI=1S/C10H16N2/c1-9(11-2)8-12-10-6-4-3-5-7-10/h3-7,9,11-12H,8H2,1-2H3/t9-/m1/s1. The molecule has 1 atom stereocenters. The molecule has 0 aliphatic rings. The monoisotopic (exact) mass is 164 g/mol. The van der Waals surface area contributed by atoms with Crippen LogP contribution in [0, 0.1) is 0 Å². The molecule has 0 aliphatic carbocycles. The highest BCUT2D eigenvalue weighted by atomic mass is 15.0. The molecule has 0 unspecified atom stereocenters. The van der Waals surface area contributed by atoms with Crippen LogP contribution in [0.3, 0.4) is 0 Å². The van der Waals surface area contributed by atoms with Crippen LogP contribution in [0.2, 0.25) is 0 Å². The third-order valence-electron chi connectivity index (χ3n) is 1.88. The maximum Gasteiger partial charge on any atom is 0.0340 e. The second-order valence-electron chi connectivity index (χ2n) is 2.94. The van der Waals surface area contributed by atoms with E-state index in [0.717, 1.165) is 6.54 Å². The lowest BCUT2D eigenvalue weighted by Crippen LogP contribution is -2.29. The Morgan fingerprint density at radius 1 is 1.25 bits per heavy atom. The molecule has 2 nitrogen and oxygen atoms in total. The first kappa shape index (κ1) is 9.07. The molecule has 0 fully saturated rings. The summed E-state index contributed by atoms with van der Waals surface area (Å²) in [5.74, 6) is 0. The third kappa shape index (κ3) is 2.93. The summed E-state index contributed by atoms with van der Waals surface area (Å²) in [6, 6.07) is 10.7. The van der Waals surface area contributed by atoms with Crippen LogP contribution in [0.25, 0.3) is 0 Å². The molecule has 1 aromatic carbocycles. The minimum atomic E-state index is 0.505. The molecule has 1 aromatic rings. The van der Waals surface area contributed by atoms with Crippen molar-refractivity contribution in [1.29, 1.82) is 0 Å². The second kappa shape index (κ2) is 4.78. The maximum absolute atomic E-state index is 3.33. The van der Waals surface area contributed by atoms with Gasteiger partial charge in [-0.15, -0.1) is 0 Å². The Morgan fingerprint density at radius 2 is 1.92 bits per heavy atom. The van der Waals surface area contributed by atoms with Crippen LogP contribution in [0.1, 0.15) is 6.92 Å². The Bertz CT molecular complexity index is 208. The summed E-state index contributed by atoms with van der Waals surface area (Å²) < 4.78 is 0. The van der Waals surface area contributed by atoms with Gasteiger partial charge < -0.3 is 10.6 Å². The molecule has 0 spiro atoms. The molecular weight excluding hydrogens is 148 g/mol. The summed E-state index contributed by atoms with van der Waals surface area (Å²) in [5, 5.41) is 6.51. The Kier molecular flexibility index (Phi) is 3.61. The zero-order valence-corrected chi connectivity index (χ0v) is 7.67. The molecular formula is C10H16N2. The van der Waals surface area contributed by atoms with Crippen LogP contribution < -0.4 is 10.6 Å². The van der Waals surface area contributed by atoms with Gasteiger partial charge in [0.25, 0.3) is 0 Å². The van der Waals surface area contributed by atoms with Crippen molar-refractivity contribution < 1.29 is 0 Å². The number of benzene rings is 1. The largest absolute Gasteiger partial charge is 0.383 e. The first-order chi connectivity index (χ1) is 5.83. The van der Waals surface area contributed by atoms with E-state index < -0.39 is 0 Å². The highest BCUT2D eigenvalue weighted by molar-refractivity contribution is 5.42. The average Bonchev–Trinajstić information content (AvgIpc) is 2.16. The fraction of sp³-hybridized carbons (Fsp3) is 0.400. The molecule has 1 rings (SSSR count). The van der Waals surface area contributed by atoms with E-state index in [1.165, 1.54) is 5.69 Å². The lowest BCUT2D eigenvalue weighted by molar-refractivity contribution is 0.638. The summed E-state index contributed by atoms with van der Waals surface area (Å²) in [7, 11) is 1.97. The molecule has 0 amide bonds. The van der Waals surface area contributed by atoms with E-state index in [1.807, 2.05) is 25.2 Å². The van der Waals surface area contributed by atoms with Gasteiger partial charge in [0.05, 0.1) is 0 Å². The molecule has 0 aliphatic heterocycles. The second-order valence-corrected chi connectivity index (χ2v) is 2.94. The first-order valence-corrected chi connectivity index (χ1v) is 4.29. The summed E-state index contributed by atoms with van der Waals surface area (Å²) in [5.41, 5.74) is 1.18. The van der Waals surface area contributed by atoms with Crippen molar-refractivity contribution >= 4 is 5.69 Å². The van der Waals surface area contributed by atoms with Gasteiger partial charge in [0.15, 0.2) is 0 Å². The summed E-state index contributed by atoms with van der Waals surface area (Å²) in [6.07, 6.45) is 0. The van der Waals surface area contributed by atoms with Gasteiger partial charge in [0.2, 0.25) is 0 Å². The summed E-state index contributed by atoms with van der Waals surface area (Å²) >= 11 is 0. The number of hydrogen-bond acceptors (Lipinski definition) is 2. The molecule has 66 valence electrons. The van der Waals surface area contributed by atoms with Crippen LogP contribution in [0.15, 0.2) is 30.3 Å². The van der Waals surface area contributed by atoms with Crippen molar-refractivity contribution in [3.8, 4) is 0 Å². The molecule has 12 heavy (non-hydrogen) atoms. The van der Waals surface area contributed by atoms with Gasteiger partial charge in [-0.2, -0.15) is 0 Å². The quantitative estimate of drug-likeness (QED) is 0.708. The Hall–Kier alpha value is -1.02. The van der Waals surface area contributed by atoms with Gasteiger partial charge in [0, 0.05) is 18.3 Å². The van der Waals surface area contributed by atoms with E-state index in [0.29, 0.717) is 6.04 Å². The molecule has 0 bridgehead atoms. The van der Waals surface area contributed by atoms with Gasteiger partial charge in [-0.05, 0) is 26.1 Å². The molecule has 0 heterocycles. The average molecular weight is 164 g/mol. The van der Waals surface area contributed by atoms with Crippen LogP contribution in [0.4, 0.5) is 5.69 Å². The molecule has 0 saturated carbocycles. The fourth-order valence-electron chi connectivity index (χ4n) is 0.929. The first-order valence-electron chi connectivity index (χ1n) is 4.29. The van der Waals surface area contributed by atoms with Gasteiger partial charge >= 0.3 is 0 Å². The number of anilines is 1. The van der Waals surface area contributed by atoms with E-state index in [-0.39, 0.29) is 0 Å². The molecule has 0 aromatic heterocycles. The van der Waals surface area contributed by atoms with Crippen molar-refractivity contribution in [2.75, 3.05) is 18.9 Å². The van der Waals surface area contributed by atoms with Crippen molar-refractivity contribution in [2.45, 2.75) is 13.0 Å². The van der Waals surface area contributed by atoms with Crippen LogP contribution in [0.5, 0.6) is 0 Å². The zero-order valence-electron chi connectivity index (χ0n) is 7.67. The maximum atomic E-state index is 3.33. The van der Waals surface area contributed by atoms with Gasteiger partial charge in [-0.3, -0.25) is 0 Å². The number of likely N-dealkylation sites (N-methyl/N-ethyl adjacent to an activating group) is 1. The van der Waals surface area contributed by atoms with E-state index in [1.54, 1.807) is 0 Å². The molecule has 2 N–H and O–H groups in total. The van der Waals surface area contributed by atoms with E-state index in [2.05, 4.69) is 29.7 Å². The SMILES string of the molecule is CN[C@H](C)CNc1ccccc1.